The Kier molecular flexibility index (Phi) is 3.34. The second-order valence-electron chi connectivity index (χ2n) is 4.17. The zero-order chi connectivity index (χ0) is 10.6. The zero-order valence-corrected chi connectivity index (χ0v) is 9.21. The molecule has 0 aliphatic heterocycles. The van der Waals surface area contributed by atoms with Crippen LogP contribution in [-0.2, 0) is 0 Å². The van der Waals surface area contributed by atoms with Gasteiger partial charge >= 0.3 is 0 Å². The summed E-state index contributed by atoms with van der Waals surface area (Å²) in [5.74, 6) is 0.919. The smallest absolute Gasteiger partial charge is 0.120 e. The van der Waals surface area contributed by atoms with Crippen LogP contribution in [0.4, 0.5) is 0 Å². The van der Waals surface area contributed by atoms with Crippen molar-refractivity contribution >= 4 is 0 Å². The third-order valence-corrected chi connectivity index (χ3v) is 2.05. The van der Waals surface area contributed by atoms with Crippen molar-refractivity contribution in [2.24, 2.45) is 0 Å². The third kappa shape index (κ3) is 3.25. The van der Waals surface area contributed by atoms with E-state index in [-0.39, 0.29) is 5.60 Å². The Morgan fingerprint density at radius 3 is 2.36 bits per heavy atom. The minimum atomic E-state index is -0.170. The lowest BCUT2D eigenvalue weighted by molar-refractivity contribution is 0.113. The van der Waals surface area contributed by atoms with Gasteiger partial charge in [-0.2, -0.15) is 0 Å². The average Bonchev–Trinajstić information content (AvgIpc) is 2.08. The van der Waals surface area contributed by atoms with E-state index in [9.17, 15) is 0 Å². The van der Waals surface area contributed by atoms with Crippen LogP contribution >= 0.6 is 0 Å². The predicted molar refractivity (Wildman–Crippen MR) is 60.7 cm³/mol. The van der Waals surface area contributed by atoms with Crippen molar-refractivity contribution in [3.63, 3.8) is 0 Å². The van der Waals surface area contributed by atoms with E-state index < -0.39 is 0 Å². The molecule has 1 aromatic carbocycles. The highest BCUT2D eigenvalue weighted by Gasteiger charge is 2.17. The summed E-state index contributed by atoms with van der Waals surface area (Å²) in [7, 11) is 0. The molecule has 0 aliphatic rings. The summed E-state index contributed by atoms with van der Waals surface area (Å²) in [6, 6.07) is 8.11. The van der Waals surface area contributed by atoms with Crippen LogP contribution in [0.1, 0.15) is 25.8 Å². The molecular formula is C13H18O. The molecule has 0 unspecified atom stereocenters. The van der Waals surface area contributed by atoms with Crippen LogP contribution in [0.25, 0.3) is 0 Å². The molecule has 14 heavy (non-hydrogen) atoms. The minimum Gasteiger partial charge on any atom is -0.488 e. The van der Waals surface area contributed by atoms with Crippen molar-refractivity contribution in [2.45, 2.75) is 32.8 Å². The fourth-order valence-corrected chi connectivity index (χ4v) is 1.31. The Morgan fingerprint density at radius 1 is 1.29 bits per heavy atom. The van der Waals surface area contributed by atoms with Gasteiger partial charge in [-0.25, -0.2) is 0 Å². The monoisotopic (exact) mass is 190 g/mol. The number of benzene rings is 1. The van der Waals surface area contributed by atoms with E-state index >= 15 is 0 Å². The van der Waals surface area contributed by atoms with Crippen LogP contribution in [0.2, 0.25) is 0 Å². The first-order chi connectivity index (χ1) is 6.53. The second kappa shape index (κ2) is 4.32. The highest BCUT2D eigenvalue weighted by atomic mass is 16.5. The normalized spacial score (nSPS) is 11.1. The molecule has 1 nitrogen and oxygen atoms in total. The van der Waals surface area contributed by atoms with Crippen LogP contribution in [0.3, 0.4) is 0 Å². The molecule has 0 fully saturated rings. The molecule has 1 rings (SSSR count). The molecule has 0 aromatic heterocycles. The van der Waals surface area contributed by atoms with Gasteiger partial charge < -0.3 is 4.74 Å². The van der Waals surface area contributed by atoms with Crippen LogP contribution in [0.5, 0.6) is 5.75 Å². The maximum absolute atomic E-state index is 5.83. The van der Waals surface area contributed by atoms with Crippen molar-refractivity contribution in [1.82, 2.24) is 0 Å². The SMILES string of the molecule is C=CCC(C)(C)Oc1ccc(C)cc1. The van der Waals surface area contributed by atoms with E-state index in [1.54, 1.807) is 0 Å². The third-order valence-electron chi connectivity index (χ3n) is 2.05. The molecule has 1 aromatic rings. The molecule has 0 heterocycles. The second-order valence-corrected chi connectivity index (χ2v) is 4.17. The van der Waals surface area contributed by atoms with E-state index in [0.717, 1.165) is 12.2 Å². The highest BCUT2D eigenvalue weighted by molar-refractivity contribution is 5.26. The van der Waals surface area contributed by atoms with Crippen molar-refractivity contribution in [3.8, 4) is 5.75 Å². The number of hydrogen-bond acceptors (Lipinski definition) is 1. The van der Waals surface area contributed by atoms with Crippen molar-refractivity contribution in [2.75, 3.05) is 0 Å². The molecule has 0 saturated heterocycles. The van der Waals surface area contributed by atoms with Gasteiger partial charge in [0.05, 0.1) is 0 Å². The summed E-state index contributed by atoms with van der Waals surface area (Å²) in [5, 5.41) is 0. The van der Waals surface area contributed by atoms with Gasteiger partial charge in [0.25, 0.3) is 0 Å². The molecule has 0 atom stereocenters. The largest absolute Gasteiger partial charge is 0.488 e. The lowest BCUT2D eigenvalue weighted by Crippen LogP contribution is -2.27. The van der Waals surface area contributed by atoms with Gasteiger partial charge in [-0.1, -0.05) is 23.8 Å². The first-order valence-corrected chi connectivity index (χ1v) is 4.90. The van der Waals surface area contributed by atoms with Crippen molar-refractivity contribution < 1.29 is 4.74 Å². The topological polar surface area (TPSA) is 9.23 Å². The number of aryl methyl sites for hydroxylation is 1. The van der Waals surface area contributed by atoms with E-state index in [1.807, 2.05) is 18.2 Å². The zero-order valence-electron chi connectivity index (χ0n) is 9.21. The predicted octanol–water partition coefficient (Wildman–Crippen LogP) is 3.73. The van der Waals surface area contributed by atoms with Gasteiger partial charge in [-0.3, -0.25) is 0 Å². The van der Waals surface area contributed by atoms with Crippen LogP contribution in [0.15, 0.2) is 36.9 Å². The van der Waals surface area contributed by atoms with Gasteiger partial charge in [0, 0.05) is 6.42 Å². The Balaban J connectivity index is 2.68. The van der Waals surface area contributed by atoms with Gasteiger partial charge in [-0.15, -0.1) is 6.58 Å². The number of rotatable bonds is 4. The first-order valence-electron chi connectivity index (χ1n) is 4.90. The lowest BCUT2D eigenvalue weighted by atomic mass is 10.1. The summed E-state index contributed by atoms with van der Waals surface area (Å²) in [4.78, 5) is 0. The number of ether oxygens (including phenoxy) is 1. The summed E-state index contributed by atoms with van der Waals surface area (Å²) < 4.78 is 5.83. The van der Waals surface area contributed by atoms with Gasteiger partial charge in [0.2, 0.25) is 0 Å². The quantitative estimate of drug-likeness (QED) is 0.657. The van der Waals surface area contributed by atoms with Crippen molar-refractivity contribution in [3.05, 3.63) is 42.5 Å². The van der Waals surface area contributed by atoms with E-state index in [2.05, 4.69) is 39.5 Å². The molecule has 76 valence electrons. The molecule has 0 spiro atoms. The van der Waals surface area contributed by atoms with E-state index in [1.165, 1.54) is 5.56 Å². The fraction of sp³-hybridized carbons (Fsp3) is 0.385. The van der Waals surface area contributed by atoms with Crippen LogP contribution in [0, 0.1) is 6.92 Å². The Bertz CT molecular complexity index is 296. The highest BCUT2D eigenvalue weighted by Crippen LogP contribution is 2.21. The Morgan fingerprint density at radius 2 is 1.86 bits per heavy atom. The van der Waals surface area contributed by atoms with E-state index in [0.29, 0.717) is 0 Å². The maximum atomic E-state index is 5.83. The van der Waals surface area contributed by atoms with Crippen molar-refractivity contribution in [1.29, 1.82) is 0 Å². The van der Waals surface area contributed by atoms with Gasteiger partial charge in [-0.05, 0) is 32.9 Å². The molecule has 0 bridgehead atoms. The number of hydrogen-bond donors (Lipinski definition) is 0. The summed E-state index contributed by atoms with van der Waals surface area (Å²) in [6.45, 7) is 9.92. The lowest BCUT2D eigenvalue weighted by Gasteiger charge is -2.25. The first kappa shape index (κ1) is 10.8. The van der Waals surface area contributed by atoms with Gasteiger partial charge in [0.1, 0.15) is 11.4 Å². The fourth-order valence-electron chi connectivity index (χ4n) is 1.31. The molecule has 0 N–H and O–H groups in total. The molecule has 0 saturated carbocycles. The summed E-state index contributed by atoms with van der Waals surface area (Å²) >= 11 is 0. The van der Waals surface area contributed by atoms with Gasteiger partial charge in [0.15, 0.2) is 0 Å². The Labute approximate surface area is 86.4 Å². The summed E-state index contributed by atoms with van der Waals surface area (Å²) in [5.41, 5.74) is 1.08. The molecule has 1 heteroatoms. The Hall–Kier alpha value is -1.24. The average molecular weight is 190 g/mol. The molecule has 0 radical (unpaired) electrons. The molecule has 0 amide bonds. The minimum absolute atomic E-state index is 0.170. The molecular weight excluding hydrogens is 172 g/mol. The van der Waals surface area contributed by atoms with Crippen LogP contribution in [-0.4, -0.2) is 5.60 Å². The maximum Gasteiger partial charge on any atom is 0.120 e. The van der Waals surface area contributed by atoms with Crippen LogP contribution < -0.4 is 4.74 Å². The summed E-state index contributed by atoms with van der Waals surface area (Å²) in [6.07, 6.45) is 2.73. The van der Waals surface area contributed by atoms with E-state index in [4.69, 9.17) is 4.74 Å². The molecule has 0 aliphatic carbocycles. The standard InChI is InChI=1S/C13H18O/c1-5-10-13(3,4)14-12-8-6-11(2)7-9-12/h5-9H,1,10H2,2-4H3.